The zero-order valence-electron chi connectivity index (χ0n) is 16.8. The van der Waals surface area contributed by atoms with Gasteiger partial charge in [-0.25, -0.2) is 4.90 Å². The molecule has 0 aromatic heterocycles. The standard InChI is InChI=1S/C27H16Cl2NO2/c28-23-15-21-22(16-24(23)29)27(32)30(26(21)31)20-13-11-19(12-14-20)25(17-7-3-1-4-8-17)18-9-5-2-6-10-18/h1-16H. The molecule has 0 bridgehead atoms. The van der Waals surface area contributed by atoms with E-state index < -0.39 is 11.8 Å². The van der Waals surface area contributed by atoms with Gasteiger partial charge < -0.3 is 0 Å². The average molecular weight is 457 g/mol. The maximum atomic E-state index is 12.9. The number of hydrogen-bond acceptors (Lipinski definition) is 2. The van der Waals surface area contributed by atoms with Gasteiger partial charge in [0.05, 0.1) is 32.8 Å². The molecule has 1 aliphatic rings. The van der Waals surface area contributed by atoms with E-state index in [1.807, 2.05) is 48.5 Å². The minimum atomic E-state index is -0.411. The fraction of sp³-hybridized carbons (Fsp3) is 0. The zero-order chi connectivity index (χ0) is 22.2. The highest BCUT2D eigenvalue weighted by molar-refractivity contribution is 6.44. The number of hydrogen-bond donors (Lipinski definition) is 0. The fourth-order valence-electron chi connectivity index (χ4n) is 3.96. The van der Waals surface area contributed by atoms with Crippen LogP contribution in [0.3, 0.4) is 0 Å². The Balaban J connectivity index is 1.52. The average Bonchev–Trinajstić information content (AvgIpc) is 3.05. The van der Waals surface area contributed by atoms with Crippen molar-refractivity contribution in [1.29, 1.82) is 0 Å². The minimum absolute atomic E-state index is 0.244. The molecule has 1 aliphatic heterocycles. The maximum absolute atomic E-state index is 12.9. The van der Waals surface area contributed by atoms with Crippen LogP contribution < -0.4 is 4.90 Å². The summed E-state index contributed by atoms with van der Waals surface area (Å²) < 4.78 is 0. The Kier molecular flexibility index (Phi) is 5.30. The van der Waals surface area contributed by atoms with Crippen molar-refractivity contribution in [3.05, 3.63) is 141 Å². The first-order valence-corrected chi connectivity index (χ1v) is 10.8. The highest BCUT2D eigenvalue weighted by Crippen LogP contribution is 2.36. The second-order valence-corrected chi connectivity index (χ2v) is 8.23. The van der Waals surface area contributed by atoms with Gasteiger partial charge in [-0.2, -0.15) is 0 Å². The van der Waals surface area contributed by atoms with E-state index in [9.17, 15) is 9.59 Å². The highest BCUT2D eigenvalue weighted by atomic mass is 35.5. The quantitative estimate of drug-likeness (QED) is 0.249. The van der Waals surface area contributed by atoms with Crippen molar-refractivity contribution in [1.82, 2.24) is 0 Å². The first kappa shape index (κ1) is 20.5. The third-order valence-electron chi connectivity index (χ3n) is 5.47. The molecule has 3 nitrogen and oxygen atoms in total. The summed E-state index contributed by atoms with van der Waals surface area (Å²) in [7, 11) is 0. The van der Waals surface area contributed by atoms with Crippen molar-refractivity contribution in [2.24, 2.45) is 0 Å². The van der Waals surface area contributed by atoms with Crippen molar-refractivity contribution in [3.8, 4) is 0 Å². The molecular formula is C27H16Cl2NO2. The molecule has 0 saturated carbocycles. The normalized spacial score (nSPS) is 13.0. The summed E-state index contributed by atoms with van der Waals surface area (Å²) >= 11 is 12.1. The maximum Gasteiger partial charge on any atom is 0.266 e. The number of benzene rings is 4. The van der Waals surface area contributed by atoms with Crippen LogP contribution in [0.5, 0.6) is 0 Å². The summed E-state index contributed by atoms with van der Waals surface area (Å²) in [5.74, 6) is 0.247. The molecule has 2 amide bonds. The number of halogens is 2. The number of carbonyl (C=O) groups excluding carboxylic acids is 2. The van der Waals surface area contributed by atoms with E-state index in [-0.39, 0.29) is 21.2 Å². The van der Waals surface area contributed by atoms with Crippen molar-refractivity contribution in [2.75, 3.05) is 4.90 Å². The number of imide groups is 1. The molecule has 0 atom stereocenters. The Morgan fingerprint density at radius 3 is 1.41 bits per heavy atom. The van der Waals surface area contributed by atoms with Gasteiger partial charge in [-0.15, -0.1) is 0 Å². The largest absolute Gasteiger partial charge is 0.268 e. The second-order valence-electron chi connectivity index (χ2n) is 7.41. The van der Waals surface area contributed by atoms with Crippen LogP contribution in [0, 0.1) is 5.92 Å². The fourth-order valence-corrected chi connectivity index (χ4v) is 4.28. The third kappa shape index (κ3) is 3.50. The molecule has 0 fully saturated rings. The van der Waals surface area contributed by atoms with Crippen LogP contribution >= 0.6 is 23.2 Å². The summed E-state index contributed by atoms with van der Waals surface area (Å²) in [6.07, 6.45) is 0. The van der Waals surface area contributed by atoms with Crippen LogP contribution in [0.25, 0.3) is 0 Å². The van der Waals surface area contributed by atoms with Crippen molar-refractivity contribution >= 4 is 40.7 Å². The molecular weight excluding hydrogens is 441 g/mol. The Hall–Kier alpha value is -3.40. The molecule has 5 rings (SSSR count). The van der Waals surface area contributed by atoms with Crippen molar-refractivity contribution in [2.45, 2.75) is 0 Å². The van der Waals surface area contributed by atoms with Crippen molar-refractivity contribution in [3.63, 3.8) is 0 Å². The minimum Gasteiger partial charge on any atom is -0.268 e. The molecule has 1 heterocycles. The van der Waals surface area contributed by atoms with Gasteiger partial charge in [0.25, 0.3) is 11.8 Å². The first-order chi connectivity index (χ1) is 15.5. The van der Waals surface area contributed by atoms with Gasteiger partial charge in [0, 0.05) is 0 Å². The van der Waals surface area contributed by atoms with Crippen LogP contribution in [0.4, 0.5) is 5.69 Å². The zero-order valence-corrected chi connectivity index (χ0v) is 18.3. The molecule has 1 radical (unpaired) electrons. The summed E-state index contributed by atoms with van der Waals surface area (Å²) in [6, 6.07) is 30.5. The van der Waals surface area contributed by atoms with E-state index in [2.05, 4.69) is 24.3 Å². The summed E-state index contributed by atoms with van der Waals surface area (Å²) in [5.41, 5.74) is 4.15. The van der Waals surface area contributed by atoms with E-state index in [4.69, 9.17) is 23.2 Å². The van der Waals surface area contributed by atoms with Crippen LogP contribution in [-0.2, 0) is 0 Å². The van der Waals surface area contributed by atoms with Crippen LogP contribution in [-0.4, -0.2) is 11.8 Å². The lowest BCUT2D eigenvalue weighted by Gasteiger charge is -2.20. The number of carbonyl (C=O) groups is 2. The number of amides is 2. The molecule has 4 aromatic carbocycles. The predicted octanol–water partition coefficient (Wildman–Crippen LogP) is 6.81. The van der Waals surface area contributed by atoms with Crippen LogP contribution in [0.2, 0.25) is 10.0 Å². The SMILES string of the molecule is O=C1c2cc(Cl)c(Cl)cc2C(=O)N1c1ccc([C](c2ccccc2)c2ccccc2)cc1. The molecule has 0 spiro atoms. The topological polar surface area (TPSA) is 37.4 Å². The van der Waals surface area contributed by atoms with Gasteiger partial charge in [-0.1, -0.05) is 96.0 Å². The number of nitrogens with zero attached hydrogens (tertiary/aromatic N) is 1. The lowest BCUT2D eigenvalue weighted by Crippen LogP contribution is -2.29. The third-order valence-corrected chi connectivity index (χ3v) is 6.19. The molecule has 4 aromatic rings. The second kappa shape index (κ2) is 8.27. The Morgan fingerprint density at radius 2 is 0.969 bits per heavy atom. The Labute approximate surface area is 195 Å². The van der Waals surface area contributed by atoms with E-state index in [0.717, 1.165) is 27.5 Å². The monoisotopic (exact) mass is 456 g/mol. The van der Waals surface area contributed by atoms with Crippen LogP contribution in [0.1, 0.15) is 37.4 Å². The lowest BCUT2D eigenvalue weighted by atomic mass is 9.85. The highest BCUT2D eigenvalue weighted by Gasteiger charge is 2.37. The molecule has 0 aliphatic carbocycles. The van der Waals surface area contributed by atoms with Crippen LogP contribution in [0.15, 0.2) is 97.1 Å². The summed E-state index contributed by atoms with van der Waals surface area (Å²) in [6.45, 7) is 0. The molecule has 32 heavy (non-hydrogen) atoms. The molecule has 5 heteroatoms. The predicted molar refractivity (Wildman–Crippen MR) is 127 cm³/mol. The number of fused-ring (bicyclic) bond motifs is 1. The Morgan fingerprint density at radius 1 is 0.562 bits per heavy atom. The van der Waals surface area contributed by atoms with E-state index in [0.29, 0.717) is 5.69 Å². The summed E-state index contributed by atoms with van der Waals surface area (Å²) in [4.78, 5) is 27.0. The lowest BCUT2D eigenvalue weighted by molar-refractivity contribution is 0.0926. The molecule has 0 unspecified atom stereocenters. The first-order valence-electron chi connectivity index (χ1n) is 10.0. The molecule has 155 valence electrons. The molecule has 0 N–H and O–H groups in total. The smallest absolute Gasteiger partial charge is 0.266 e. The van der Waals surface area contributed by atoms with E-state index >= 15 is 0 Å². The van der Waals surface area contributed by atoms with Gasteiger partial charge in [0.2, 0.25) is 0 Å². The van der Waals surface area contributed by atoms with Gasteiger partial charge in [-0.05, 0) is 41.0 Å². The van der Waals surface area contributed by atoms with Gasteiger partial charge in [-0.3, -0.25) is 9.59 Å². The Bertz CT molecular complexity index is 1240. The number of rotatable bonds is 4. The molecule has 0 saturated heterocycles. The van der Waals surface area contributed by atoms with Gasteiger partial charge in [0.1, 0.15) is 0 Å². The van der Waals surface area contributed by atoms with Crippen molar-refractivity contribution < 1.29 is 9.59 Å². The number of anilines is 1. The summed E-state index contributed by atoms with van der Waals surface area (Å²) in [5, 5.41) is 0.488. The van der Waals surface area contributed by atoms with E-state index in [1.54, 1.807) is 12.1 Å². The van der Waals surface area contributed by atoms with E-state index in [1.165, 1.54) is 12.1 Å². The van der Waals surface area contributed by atoms with Gasteiger partial charge in [0.15, 0.2) is 0 Å². The van der Waals surface area contributed by atoms with Gasteiger partial charge >= 0.3 is 0 Å².